The van der Waals surface area contributed by atoms with E-state index in [-0.39, 0.29) is 18.0 Å². The quantitative estimate of drug-likeness (QED) is 0.833. The average Bonchev–Trinajstić information content (AvgIpc) is 2.56. The third-order valence-corrected chi connectivity index (χ3v) is 4.15. The van der Waals surface area contributed by atoms with Gasteiger partial charge < -0.3 is 4.57 Å². The molecule has 0 aliphatic rings. The molecule has 1 heterocycles. The summed E-state index contributed by atoms with van der Waals surface area (Å²) in [6, 6.07) is 14.3. The van der Waals surface area contributed by atoms with E-state index in [1.807, 2.05) is 17.6 Å². The third-order valence-electron chi connectivity index (χ3n) is 4.15. The van der Waals surface area contributed by atoms with E-state index in [4.69, 9.17) is 5.26 Å². The lowest BCUT2D eigenvalue weighted by Gasteiger charge is -2.20. The maximum absolute atomic E-state index is 12.7. The Labute approximate surface area is 131 Å². The number of rotatable bonds is 5. The van der Waals surface area contributed by atoms with Crippen LogP contribution in [-0.4, -0.2) is 4.57 Å². The zero-order valence-electron chi connectivity index (χ0n) is 13.5. The topological polar surface area (TPSA) is 45.8 Å². The van der Waals surface area contributed by atoms with Crippen LogP contribution >= 0.6 is 0 Å². The lowest BCUT2D eigenvalue weighted by atomic mass is 10.0. The number of aryl methyl sites for hydroxylation is 1. The van der Waals surface area contributed by atoms with Crippen LogP contribution in [0.2, 0.25) is 0 Å². The van der Waals surface area contributed by atoms with Gasteiger partial charge >= 0.3 is 0 Å². The summed E-state index contributed by atoms with van der Waals surface area (Å²) in [5, 5.41) is 8.88. The minimum absolute atomic E-state index is 0.0482. The summed E-state index contributed by atoms with van der Waals surface area (Å²) in [5.41, 5.74) is 3.76. The van der Waals surface area contributed by atoms with E-state index >= 15 is 0 Å². The monoisotopic (exact) mass is 294 g/mol. The van der Waals surface area contributed by atoms with E-state index < -0.39 is 0 Å². The first-order chi connectivity index (χ1) is 10.6. The molecule has 3 nitrogen and oxygen atoms in total. The highest BCUT2D eigenvalue weighted by Crippen LogP contribution is 2.23. The largest absolute Gasteiger partial charge is 0.305 e. The lowest BCUT2D eigenvalue weighted by molar-refractivity contribution is 0.517. The van der Waals surface area contributed by atoms with E-state index in [9.17, 15) is 4.79 Å². The minimum atomic E-state index is -0.0482. The minimum Gasteiger partial charge on any atom is -0.305 e. The molecule has 0 aliphatic carbocycles. The van der Waals surface area contributed by atoms with Gasteiger partial charge in [0.2, 0.25) is 0 Å². The highest BCUT2D eigenvalue weighted by Gasteiger charge is 2.14. The number of hydrogen-bond donors (Lipinski definition) is 0. The first-order valence-corrected chi connectivity index (χ1v) is 7.83. The summed E-state index contributed by atoms with van der Waals surface area (Å²) in [7, 11) is 0. The molecule has 0 radical (unpaired) electrons. The van der Waals surface area contributed by atoms with Gasteiger partial charge in [0.15, 0.2) is 0 Å². The molecule has 3 heteroatoms. The molecule has 22 heavy (non-hydrogen) atoms. The Bertz CT molecular complexity index is 736. The summed E-state index contributed by atoms with van der Waals surface area (Å²) in [6.45, 7) is 6.24. The predicted octanol–water partition coefficient (Wildman–Crippen LogP) is 4.11. The van der Waals surface area contributed by atoms with Crippen molar-refractivity contribution in [2.24, 2.45) is 0 Å². The Hall–Kier alpha value is -2.34. The van der Waals surface area contributed by atoms with Gasteiger partial charge in [0.05, 0.1) is 18.2 Å². The van der Waals surface area contributed by atoms with Crippen LogP contribution in [0.5, 0.6) is 0 Å². The summed E-state index contributed by atoms with van der Waals surface area (Å²) < 4.78 is 1.83. The van der Waals surface area contributed by atoms with E-state index in [1.165, 1.54) is 5.56 Å². The average molecular weight is 294 g/mol. The van der Waals surface area contributed by atoms with Crippen molar-refractivity contribution in [2.75, 3.05) is 0 Å². The first kappa shape index (κ1) is 16.0. The van der Waals surface area contributed by atoms with Crippen molar-refractivity contribution < 1.29 is 0 Å². The zero-order valence-corrected chi connectivity index (χ0v) is 13.5. The number of hydrogen-bond acceptors (Lipinski definition) is 2. The summed E-state index contributed by atoms with van der Waals surface area (Å²) in [5.74, 6) is 0. The number of aromatic nitrogens is 1. The smallest absolute Gasteiger partial charge is 0.255 e. The van der Waals surface area contributed by atoms with Gasteiger partial charge in [-0.3, -0.25) is 4.79 Å². The van der Waals surface area contributed by atoms with E-state index in [2.05, 4.69) is 44.2 Å². The summed E-state index contributed by atoms with van der Waals surface area (Å²) in [4.78, 5) is 12.7. The van der Waals surface area contributed by atoms with Crippen molar-refractivity contribution in [3.05, 3.63) is 57.9 Å². The molecule has 0 saturated heterocycles. The fraction of sp³-hybridized carbons (Fsp3) is 0.368. The van der Waals surface area contributed by atoms with Gasteiger partial charge in [-0.25, -0.2) is 0 Å². The molecule has 0 amide bonds. The van der Waals surface area contributed by atoms with E-state index in [0.717, 1.165) is 24.1 Å². The fourth-order valence-corrected chi connectivity index (χ4v) is 2.58. The van der Waals surface area contributed by atoms with Crippen LogP contribution in [0, 0.1) is 11.3 Å². The zero-order chi connectivity index (χ0) is 16.1. The second-order valence-electron chi connectivity index (χ2n) is 5.56. The molecular weight excluding hydrogens is 272 g/mol. The van der Waals surface area contributed by atoms with Crippen LogP contribution in [0.15, 0.2) is 41.2 Å². The molecule has 0 N–H and O–H groups in total. The Morgan fingerprint density at radius 3 is 2.36 bits per heavy atom. The van der Waals surface area contributed by atoms with Gasteiger partial charge in [0, 0.05) is 11.6 Å². The molecule has 114 valence electrons. The molecule has 0 saturated carbocycles. The molecule has 1 atom stereocenters. The van der Waals surface area contributed by atoms with Crippen LogP contribution in [0.4, 0.5) is 0 Å². The Balaban J connectivity index is 2.61. The Morgan fingerprint density at radius 2 is 1.82 bits per heavy atom. The van der Waals surface area contributed by atoms with Crippen molar-refractivity contribution in [3.63, 3.8) is 0 Å². The standard InChI is InChI=1S/C19H22N2O/c1-4-14(3)21-18(11-10-17(12-13-20)19(21)22)16-8-6-15(5-2)7-9-16/h6-11,14H,4-5,12H2,1-3H3. The second kappa shape index (κ2) is 7.09. The van der Waals surface area contributed by atoms with E-state index in [1.54, 1.807) is 6.07 Å². The van der Waals surface area contributed by atoms with Gasteiger partial charge in [0.1, 0.15) is 0 Å². The maximum atomic E-state index is 12.7. The van der Waals surface area contributed by atoms with Crippen molar-refractivity contribution in [2.45, 2.75) is 46.1 Å². The normalized spacial score (nSPS) is 11.9. The molecule has 0 bridgehead atoms. The van der Waals surface area contributed by atoms with Crippen molar-refractivity contribution in [3.8, 4) is 17.3 Å². The Morgan fingerprint density at radius 1 is 1.14 bits per heavy atom. The number of benzene rings is 1. The molecule has 2 rings (SSSR count). The van der Waals surface area contributed by atoms with Crippen molar-refractivity contribution >= 4 is 0 Å². The van der Waals surface area contributed by atoms with E-state index in [0.29, 0.717) is 5.56 Å². The summed E-state index contributed by atoms with van der Waals surface area (Å²) >= 11 is 0. The lowest BCUT2D eigenvalue weighted by Crippen LogP contribution is -2.27. The van der Waals surface area contributed by atoms with Crippen molar-refractivity contribution in [1.82, 2.24) is 4.57 Å². The number of nitriles is 1. The van der Waals surface area contributed by atoms with Crippen LogP contribution in [0.25, 0.3) is 11.3 Å². The molecule has 0 spiro atoms. The van der Waals surface area contributed by atoms with Crippen LogP contribution in [-0.2, 0) is 12.8 Å². The predicted molar refractivity (Wildman–Crippen MR) is 89.8 cm³/mol. The fourth-order valence-electron chi connectivity index (χ4n) is 2.58. The van der Waals surface area contributed by atoms with Gasteiger partial charge in [0.25, 0.3) is 5.56 Å². The van der Waals surface area contributed by atoms with Gasteiger partial charge in [-0.05, 0) is 37.0 Å². The van der Waals surface area contributed by atoms with Gasteiger partial charge in [-0.1, -0.05) is 44.2 Å². The van der Waals surface area contributed by atoms with Crippen molar-refractivity contribution in [1.29, 1.82) is 5.26 Å². The van der Waals surface area contributed by atoms with Crippen LogP contribution in [0.3, 0.4) is 0 Å². The second-order valence-corrected chi connectivity index (χ2v) is 5.56. The van der Waals surface area contributed by atoms with Gasteiger partial charge in [-0.15, -0.1) is 0 Å². The van der Waals surface area contributed by atoms with Crippen LogP contribution < -0.4 is 5.56 Å². The Kier molecular flexibility index (Phi) is 5.16. The molecule has 1 aromatic heterocycles. The van der Waals surface area contributed by atoms with Crippen LogP contribution in [0.1, 0.15) is 44.4 Å². The molecule has 0 aliphatic heterocycles. The molecule has 1 unspecified atom stereocenters. The molecule has 0 fully saturated rings. The maximum Gasteiger partial charge on any atom is 0.255 e. The third kappa shape index (κ3) is 3.12. The molecule has 1 aromatic carbocycles. The molecule has 2 aromatic rings. The number of pyridine rings is 1. The number of nitrogens with zero attached hydrogens (tertiary/aromatic N) is 2. The highest BCUT2D eigenvalue weighted by molar-refractivity contribution is 5.60. The summed E-state index contributed by atoms with van der Waals surface area (Å²) in [6.07, 6.45) is 2.03. The van der Waals surface area contributed by atoms with Gasteiger partial charge in [-0.2, -0.15) is 5.26 Å². The molecular formula is C19H22N2O. The highest BCUT2D eigenvalue weighted by atomic mass is 16.1. The SMILES string of the molecule is CCc1ccc(-c2ccc(CC#N)c(=O)n2C(C)CC)cc1. The first-order valence-electron chi connectivity index (χ1n) is 7.83.